The third-order valence-electron chi connectivity index (χ3n) is 4.73. The van der Waals surface area contributed by atoms with E-state index in [0.29, 0.717) is 21.0 Å². The van der Waals surface area contributed by atoms with E-state index < -0.39 is 0 Å². The summed E-state index contributed by atoms with van der Waals surface area (Å²) in [6.45, 7) is 1.88. The van der Waals surface area contributed by atoms with Crippen LogP contribution in [-0.4, -0.2) is 31.4 Å². The van der Waals surface area contributed by atoms with Crippen LogP contribution in [0.5, 0.6) is 0 Å². The summed E-state index contributed by atoms with van der Waals surface area (Å²) in [6.07, 6.45) is 3.42. The standard InChI is InChI=1S/C23H19Cl2N5OS/c1-15(19-8-7-17(24)13-20(19)25)27-21(31)14-32-23-29-28-22(16-9-11-26-12-10-16)30(23)18-5-3-2-4-6-18/h2-13,15H,14H2,1H3,(H,27,31). The van der Waals surface area contributed by atoms with Gasteiger partial charge >= 0.3 is 0 Å². The molecular weight excluding hydrogens is 465 g/mol. The van der Waals surface area contributed by atoms with Gasteiger partial charge in [0.15, 0.2) is 11.0 Å². The summed E-state index contributed by atoms with van der Waals surface area (Å²) in [5.74, 6) is 0.723. The molecule has 6 nitrogen and oxygen atoms in total. The Morgan fingerprint density at radius 2 is 1.81 bits per heavy atom. The minimum absolute atomic E-state index is 0.137. The summed E-state index contributed by atoms with van der Waals surface area (Å²) in [5, 5.41) is 13.4. The van der Waals surface area contributed by atoms with Crippen LogP contribution in [0.4, 0.5) is 0 Å². The van der Waals surface area contributed by atoms with E-state index in [-0.39, 0.29) is 17.7 Å². The molecule has 0 aliphatic rings. The molecule has 2 aromatic carbocycles. The van der Waals surface area contributed by atoms with E-state index in [4.69, 9.17) is 23.2 Å². The minimum Gasteiger partial charge on any atom is -0.349 e. The Labute approximate surface area is 200 Å². The highest BCUT2D eigenvalue weighted by molar-refractivity contribution is 7.99. The van der Waals surface area contributed by atoms with Gasteiger partial charge in [-0.25, -0.2) is 0 Å². The van der Waals surface area contributed by atoms with Gasteiger partial charge in [0.2, 0.25) is 5.91 Å². The van der Waals surface area contributed by atoms with Crippen molar-refractivity contribution in [2.24, 2.45) is 0 Å². The lowest BCUT2D eigenvalue weighted by Gasteiger charge is -2.16. The summed E-state index contributed by atoms with van der Waals surface area (Å²) in [7, 11) is 0. The number of carbonyl (C=O) groups excluding carboxylic acids is 1. The number of nitrogens with one attached hydrogen (secondary N) is 1. The van der Waals surface area contributed by atoms with Gasteiger partial charge in [0, 0.05) is 33.7 Å². The topological polar surface area (TPSA) is 72.7 Å². The Morgan fingerprint density at radius 3 is 2.53 bits per heavy atom. The lowest BCUT2D eigenvalue weighted by atomic mass is 10.1. The molecule has 0 bridgehead atoms. The number of carbonyl (C=O) groups is 1. The molecule has 2 heterocycles. The molecule has 0 aliphatic carbocycles. The maximum absolute atomic E-state index is 12.6. The monoisotopic (exact) mass is 483 g/mol. The van der Waals surface area contributed by atoms with Gasteiger partial charge in [-0.1, -0.05) is 59.2 Å². The smallest absolute Gasteiger partial charge is 0.230 e. The fraction of sp³-hybridized carbons (Fsp3) is 0.130. The van der Waals surface area contributed by atoms with Crippen molar-refractivity contribution in [1.82, 2.24) is 25.1 Å². The van der Waals surface area contributed by atoms with Crippen molar-refractivity contribution in [3.8, 4) is 17.1 Å². The van der Waals surface area contributed by atoms with Gasteiger partial charge in [-0.2, -0.15) is 0 Å². The molecule has 0 aliphatic heterocycles. The van der Waals surface area contributed by atoms with E-state index in [1.54, 1.807) is 24.5 Å². The van der Waals surface area contributed by atoms with Crippen LogP contribution in [0.15, 0.2) is 78.2 Å². The number of hydrogen-bond acceptors (Lipinski definition) is 5. The van der Waals surface area contributed by atoms with Gasteiger partial charge in [0.25, 0.3) is 0 Å². The SMILES string of the molecule is CC(NC(=O)CSc1nnc(-c2ccncc2)n1-c1ccccc1)c1ccc(Cl)cc1Cl. The van der Waals surface area contributed by atoms with Crippen LogP contribution in [0.3, 0.4) is 0 Å². The highest BCUT2D eigenvalue weighted by Crippen LogP contribution is 2.29. The fourth-order valence-corrected chi connectivity index (χ4v) is 4.54. The van der Waals surface area contributed by atoms with Crippen molar-refractivity contribution < 1.29 is 4.79 Å². The van der Waals surface area contributed by atoms with Crippen LogP contribution in [0.1, 0.15) is 18.5 Å². The van der Waals surface area contributed by atoms with Gasteiger partial charge in [-0.3, -0.25) is 14.3 Å². The first-order valence-electron chi connectivity index (χ1n) is 9.81. The van der Waals surface area contributed by atoms with Gasteiger partial charge in [0.1, 0.15) is 0 Å². The number of rotatable bonds is 7. The van der Waals surface area contributed by atoms with Gasteiger partial charge in [-0.15, -0.1) is 10.2 Å². The van der Waals surface area contributed by atoms with Crippen molar-refractivity contribution in [2.75, 3.05) is 5.75 Å². The van der Waals surface area contributed by atoms with E-state index in [0.717, 1.165) is 16.8 Å². The average molecular weight is 484 g/mol. The zero-order valence-electron chi connectivity index (χ0n) is 17.1. The minimum atomic E-state index is -0.257. The molecule has 0 saturated heterocycles. The van der Waals surface area contributed by atoms with Crippen LogP contribution in [0.25, 0.3) is 17.1 Å². The summed E-state index contributed by atoms with van der Waals surface area (Å²) < 4.78 is 1.94. The molecule has 1 N–H and O–H groups in total. The highest BCUT2D eigenvalue weighted by Gasteiger charge is 2.18. The highest BCUT2D eigenvalue weighted by atomic mass is 35.5. The number of amides is 1. The number of aromatic nitrogens is 4. The second-order valence-corrected chi connectivity index (χ2v) is 8.74. The summed E-state index contributed by atoms with van der Waals surface area (Å²) in [6, 6.07) is 18.5. The van der Waals surface area contributed by atoms with Crippen molar-refractivity contribution in [2.45, 2.75) is 18.1 Å². The molecule has 1 unspecified atom stereocenters. The van der Waals surface area contributed by atoms with E-state index in [1.165, 1.54) is 11.8 Å². The predicted octanol–water partition coefficient (Wildman–Crippen LogP) is 5.61. The van der Waals surface area contributed by atoms with Crippen LogP contribution in [-0.2, 0) is 4.79 Å². The lowest BCUT2D eigenvalue weighted by Crippen LogP contribution is -2.28. The maximum atomic E-state index is 12.6. The molecule has 1 amide bonds. The molecule has 32 heavy (non-hydrogen) atoms. The summed E-state index contributed by atoms with van der Waals surface area (Å²) >= 11 is 13.5. The van der Waals surface area contributed by atoms with Crippen LogP contribution < -0.4 is 5.32 Å². The molecule has 0 saturated carbocycles. The Bertz CT molecular complexity index is 1220. The number of hydrogen-bond donors (Lipinski definition) is 1. The molecule has 1 atom stereocenters. The number of thioether (sulfide) groups is 1. The van der Waals surface area contributed by atoms with E-state index in [2.05, 4.69) is 20.5 Å². The van der Waals surface area contributed by atoms with Crippen molar-refractivity contribution in [3.05, 3.63) is 88.7 Å². The van der Waals surface area contributed by atoms with Crippen molar-refractivity contribution in [1.29, 1.82) is 0 Å². The molecule has 4 aromatic rings. The average Bonchev–Trinajstić information content (AvgIpc) is 3.23. The third kappa shape index (κ3) is 5.12. The van der Waals surface area contributed by atoms with Gasteiger partial charge in [0.05, 0.1) is 11.8 Å². The Morgan fingerprint density at radius 1 is 1.06 bits per heavy atom. The Kier molecular flexibility index (Phi) is 7.09. The zero-order chi connectivity index (χ0) is 22.5. The molecular formula is C23H19Cl2N5OS. The van der Waals surface area contributed by atoms with Crippen molar-refractivity contribution in [3.63, 3.8) is 0 Å². The van der Waals surface area contributed by atoms with Crippen LogP contribution in [0.2, 0.25) is 10.0 Å². The number of benzene rings is 2. The fourth-order valence-electron chi connectivity index (χ4n) is 3.20. The molecule has 0 radical (unpaired) electrons. The first-order valence-corrected chi connectivity index (χ1v) is 11.6. The maximum Gasteiger partial charge on any atom is 0.230 e. The first-order chi connectivity index (χ1) is 15.5. The summed E-state index contributed by atoms with van der Waals surface area (Å²) in [5.41, 5.74) is 2.61. The third-order valence-corrected chi connectivity index (χ3v) is 6.22. The van der Waals surface area contributed by atoms with E-state index >= 15 is 0 Å². The molecule has 0 spiro atoms. The summed E-state index contributed by atoms with van der Waals surface area (Å²) in [4.78, 5) is 16.7. The predicted molar refractivity (Wildman–Crippen MR) is 128 cm³/mol. The van der Waals surface area contributed by atoms with Gasteiger partial charge in [-0.05, 0) is 48.9 Å². The van der Waals surface area contributed by atoms with Crippen molar-refractivity contribution >= 4 is 40.9 Å². The van der Waals surface area contributed by atoms with E-state index in [9.17, 15) is 4.79 Å². The normalized spacial score (nSPS) is 11.8. The van der Waals surface area contributed by atoms with Crippen LogP contribution in [0, 0.1) is 0 Å². The molecule has 162 valence electrons. The number of para-hydroxylation sites is 1. The quantitative estimate of drug-likeness (QED) is 0.346. The Hall–Kier alpha value is -2.87. The molecule has 2 aromatic heterocycles. The lowest BCUT2D eigenvalue weighted by molar-refractivity contribution is -0.119. The first kappa shape index (κ1) is 22.3. The molecule has 4 rings (SSSR count). The largest absolute Gasteiger partial charge is 0.349 e. The second kappa shape index (κ2) is 10.2. The zero-order valence-corrected chi connectivity index (χ0v) is 19.4. The van der Waals surface area contributed by atoms with E-state index in [1.807, 2.05) is 60.0 Å². The van der Waals surface area contributed by atoms with Crippen LogP contribution >= 0.6 is 35.0 Å². The number of nitrogens with zero attached hydrogens (tertiary/aromatic N) is 4. The molecule has 9 heteroatoms. The Balaban J connectivity index is 1.52. The van der Waals surface area contributed by atoms with Gasteiger partial charge < -0.3 is 5.32 Å². The molecule has 0 fully saturated rings. The number of halogens is 2. The number of pyridine rings is 1. The second-order valence-electron chi connectivity index (χ2n) is 6.96.